The van der Waals surface area contributed by atoms with Gasteiger partial charge in [0.15, 0.2) is 0 Å². The van der Waals surface area contributed by atoms with Crippen LogP contribution in [-0.4, -0.2) is 40.1 Å². The van der Waals surface area contributed by atoms with Gasteiger partial charge in [0.2, 0.25) is 0 Å². The van der Waals surface area contributed by atoms with Crippen molar-refractivity contribution in [2.75, 3.05) is 13.1 Å². The zero-order valence-corrected chi connectivity index (χ0v) is 10.2. The summed E-state index contributed by atoms with van der Waals surface area (Å²) in [6, 6.07) is 4.59. The first kappa shape index (κ1) is 12.2. The summed E-state index contributed by atoms with van der Waals surface area (Å²) in [4.78, 5) is 16.5. The molecule has 2 rings (SSSR count). The average molecular weight is 236 g/mol. The molecular weight excluding hydrogens is 216 g/mol. The number of rotatable bonds is 4. The SMILES string of the molecule is CC(Cc1ccc[nH]1)N1CCC(C(=O)O)CC1. The Labute approximate surface area is 102 Å². The van der Waals surface area contributed by atoms with Crippen molar-refractivity contribution in [2.45, 2.75) is 32.2 Å². The molecule has 2 N–H and O–H groups in total. The van der Waals surface area contributed by atoms with Crippen LogP contribution in [0.4, 0.5) is 0 Å². The van der Waals surface area contributed by atoms with Crippen LogP contribution < -0.4 is 0 Å². The predicted molar refractivity (Wildman–Crippen MR) is 65.9 cm³/mol. The van der Waals surface area contributed by atoms with Gasteiger partial charge in [-0.2, -0.15) is 0 Å². The molecule has 1 fully saturated rings. The molecule has 94 valence electrons. The molecule has 2 heterocycles. The summed E-state index contributed by atoms with van der Waals surface area (Å²) >= 11 is 0. The number of hydrogen-bond donors (Lipinski definition) is 2. The molecule has 17 heavy (non-hydrogen) atoms. The van der Waals surface area contributed by atoms with Crippen LogP contribution in [0.25, 0.3) is 0 Å². The molecule has 1 aliphatic rings. The molecule has 0 aliphatic carbocycles. The highest BCUT2D eigenvalue weighted by Gasteiger charge is 2.26. The first-order chi connectivity index (χ1) is 8.16. The van der Waals surface area contributed by atoms with Crippen molar-refractivity contribution in [3.05, 3.63) is 24.0 Å². The Balaban J connectivity index is 1.82. The fourth-order valence-electron chi connectivity index (χ4n) is 2.53. The number of H-pyrrole nitrogens is 1. The lowest BCUT2D eigenvalue weighted by Gasteiger charge is -2.34. The van der Waals surface area contributed by atoms with Gasteiger partial charge in [0.1, 0.15) is 0 Å². The number of nitrogens with zero attached hydrogens (tertiary/aromatic N) is 1. The Kier molecular flexibility index (Phi) is 3.84. The van der Waals surface area contributed by atoms with Crippen LogP contribution in [0.5, 0.6) is 0 Å². The van der Waals surface area contributed by atoms with Crippen molar-refractivity contribution in [1.29, 1.82) is 0 Å². The van der Waals surface area contributed by atoms with Gasteiger partial charge >= 0.3 is 5.97 Å². The van der Waals surface area contributed by atoms with Crippen LogP contribution in [0.1, 0.15) is 25.5 Å². The Morgan fingerprint density at radius 2 is 2.29 bits per heavy atom. The molecule has 0 saturated carbocycles. The molecule has 4 nitrogen and oxygen atoms in total. The molecule has 1 atom stereocenters. The molecule has 0 spiro atoms. The van der Waals surface area contributed by atoms with Crippen LogP contribution in [0, 0.1) is 5.92 Å². The molecule has 1 aromatic rings. The molecular formula is C13H20N2O2. The van der Waals surface area contributed by atoms with Gasteiger partial charge in [0, 0.05) is 24.4 Å². The van der Waals surface area contributed by atoms with Gasteiger partial charge in [-0.1, -0.05) is 0 Å². The second kappa shape index (κ2) is 5.36. The summed E-state index contributed by atoms with van der Waals surface area (Å²) in [5.74, 6) is -0.773. The molecule has 1 unspecified atom stereocenters. The number of carboxylic acids is 1. The Morgan fingerprint density at radius 3 is 2.82 bits per heavy atom. The van der Waals surface area contributed by atoms with Gasteiger partial charge in [0.25, 0.3) is 0 Å². The number of carbonyl (C=O) groups is 1. The maximum absolute atomic E-state index is 10.9. The number of nitrogens with one attached hydrogen (secondary N) is 1. The van der Waals surface area contributed by atoms with Crippen molar-refractivity contribution in [3.8, 4) is 0 Å². The standard InChI is InChI=1S/C13H20N2O2/c1-10(9-12-3-2-6-14-12)15-7-4-11(5-8-15)13(16)17/h2-3,6,10-11,14H,4-5,7-9H2,1H3,(H,16,17). The lowest BCUT2D eigenvalue weighted by atomic mass is 9.95. The summed E-state index contributed by atoms with van der Waals surface area (Å²) in [6.45, 7) is 4.01. The van der Waals surface area contributed by atoms with Crippen LogP contribution in [0.3, 0.4) is 0 Å². The van der Waals surface area contributed by atoms with Crippen LogP contribution in [0.15, 0.2) is 18.3 Å². The zero-order valence-electron chi connectivity index (χ0n) is 10.2. The van der Waals surface area contributed by atoms with Crippen molar-refractivity contribution in [1.82, 2.24) is 9.88 Å². The van der Waals surface area contributed by atoms with E-state index in [1.54, 1.807) is 0 Å². The summed E-state index contributed by atoms with van der Waals surface area (Å²) < 4.78 is 0. The van der Waals surface area contributed by atoms with Gasteiger partial charge in [-0.25, -0.2) is 0 Å². The van der Waals surface area contributed by atoms with E-state index < -0.39 is 5.97 Å². The largest absolute Gasteiger partial charge is 0.481 e. The number of hydrogen-bond acceptors (Lipinski definition) is 2. The lowest BCUT2D eigenvalue weighted by molar-refractivity contribution is -0.143. The quantitative estimate of drug-likeness (QED) is 0.837. The highest BCUT2D eigenvalue weighted by atomic mass is 16.4. The molecule has 0 amide bonds. The molecule has 0 radical (unpaired) electrons. The summed E-state index contributed by atoms with van der Waals surface area (Å²) in [7, 11) is 0. The van der Waals surface area contributed by atoms with Gasteiger partial charge in [-0.05, 0) is 45.0 Å². The first-order valence-electron chi connectivity index (χ1n) is 6.26. The van der Waals surface area contributed by atoms with Gasteiger partial charge < -0.3 is 15.0 Å². The van der Waals surface area contributed by atoms with E-state index in [0.717, 1.165) is 32.4 Å². The van der Waals surface area contributed by atoms with Gasteiger partial charge in [-0.15, -0.1) is 0 Å². The van der Waals surface area contributed by atoms with Crippen molar-refractivity contribution in [2.24, 2.45) is 5.92 Å². The van der Waals surface area contributed by atoms with E-state index in [4.69, 9.17) is 5.11 Å². The van der Waals surface area contributed by atoms with E-state index >= 15 is 0 Å². The number of likely N-dealkylation sites (tertiary alicyclic amines) is 1. The van der Waals surface area contributed by atoms with E-state index in [1.165, 1.54) is 5.69 Å². The number of aromatic nitrogens is 1. The van der Waals surface area contributed by atoms with Crippen molar-refractivity contribution < 1.29 is 9.90 Å². The Hall–Kier alpha value is -1.29. The van der Waals surface area contributed by atoms with Gasteiger partial charge in [-0.3, -0.25) is 4.79 Å². The van der Waals surface area contributed by atoms with Crippen LogP contribution >= 0.6 is 0 Å². The van der Waals surface area contributed by atoms with E-state index in [-0.39, 0.29) is 5.92 Å². The third-order valence-corrected chi connectivity index (χ3v) is 3.68. The maximum atomic E-state index is 10.9. The monoisotopic (exact) mass is 236 g/mol. The molecule has 0 bridgehead atoms. The number of aliphatic carboxylic acids is 1. The minimum Gasteiger partial charge on any atom is -0.481 e. The number of carboxylic acid groups (broad SMARTS) is 1. The second-order valence-corrected chi connectivity index (χ2v) is 4.90. The second-order valence-electron chi connectivity index (χ2n) is 4.90. The highest BCUT2D eigenvalue weighted by molar-refractivity contribution is 5.70. The smallest absolute Gasteiger partial charge is 0.306 e. The normalized spacial score (nSPS) is 20.3. The molecule has 4 heteroatoms. The third-order valence-electron chi connectivity index (χ3n) is 3.68. The highest BCUT2D eigenvalue weighted by Crippen LogP contribution is 2.20. The Bertz CT molecular complexity index is 354. The molecule has 1 saturated heterocycles. The number of piperidine rings is 1. The predicted octanol–water partition coefficient (Wildman–Crippen LogP) is 1.74. The molecule has 1 aliphatic heterocycles. The Morgan fingerprint density at radius 1 is 1.59 bits per heavy atom. The van der Waals surface area contributed by atoms with E-state index in [1.807, 2.05) is 12.3 Å². The molecule has 0 aromatic carbocycles. The maximum Gasteiger partial charge on any atom is 0.306 e. The van der Waals surface area contributed by atoms with Crippen LogP contribution in [0.2, 0.25) is 0 Å². The van der Waals surface area contributed by atoms with Gasteiger partial charge in [0.05, 0.1) is 5.92 Å². The summed E-state index contributed by atoms with van der Waals surface area (Å²) in [5, 5.41) is 8.95. The minimum atomic E-state index is -0.637. The summed E-state index contributed by atoms with van der Waals surface area (Å²) in [6.07, 6.45) is 4.51. The minimum absolute atomic E-state index is 0.135. The van der Waals surface area contributed by atoms with E-state index in [9.17, 15) is 4.79 Å². The van der Waals surface area contributed by atoms with Crippen LogP contribution in [-0.2, 0) is 11.2 Å². The van der Waals surface area contributed by atoms with Crippen molar-refractivity contribution >= 4 is 5.97 Å². The summed E-state index contributed by atoms with van der Waals surface area (Å²) in [5.41, 5.74) is 1.25. The third kappa shape index (κ3) is 3.09. The average Bonchev–Trinajstić information content (AvgIpc) is 2.82. The van der Waals surface area contributed by atoms with E-state index in [0.29, 0.717) is 6.04 Å². The zero-order chi connectivity index (χ0) is 12.3. The lowest BCUT2D eigenvalue weighted by Crippen LogP contribution is -2.42. The topological polar surface area (TPSA) is 56.3 Å². The molecule has 1 aromatic heterocycles. The first-order valence-corrected chi connectivity index (χ1v) is 6.26. The van der Waals surface area contributed by atoms with Crippen molar-refractivity contribution in [3.63, 3.8) is 0 Å². The number of aromatic amines is 1. The fraction of sp³-hybridized carbons (Fsp3) is 0.615. The fourth-order valence-corrected chi connectivity index (χ4v) is 2.53. The van der Waals surface area contributed by atoms with E-state index in [2.05, 4.69) is 22.9 Å².